The van der Waals surface area contributed by atoms with Crippen molar-refractivity contribution < 1.29 is 4.74 Å². The summed E-state index contributed by atoms with van der Waals surface area (Å²) in [5.41, 5.74) is 3.36. The van der Waals surface area contributed by atoms with Crippen LogP contribution in [0.5, 0.6) is 5.88 Å². The van der Waals surface area contributed by atoms with Crippen LogP contribution in [0.3, 0.4) is 0 Å². The summed E-state index contributed by atoms with van der Waals surface area (Å²) in [6.07, 6.45) is 6.96. The first-order valence-corrected chi connectivity index (χ1v) is 9.39. The van der Waals surface area contributed by atoms with Crippen LogP contribution in [0.15, 0.2) is 24.5 Å². The van der Waals surface area contributed by atoms with Crippen molar-refractivity contribution in [1.29, 1.82) is 0 Å². The third-order valence-electron chi connectivity index (χ3n) is 5.37. The first kappa shape index (κ1) is 17.3. The molecule has 2 fully saturated rings. The zero-order valence-corrected chi connectivity index (χ0v) is 15.5. The van der Waals surface area contributed by atoms with Crippen LogP contribution < -0.4 is 10.1 Å². The number of hydrogen-bond acceptors (Lipinski definition) is 4. The number of rotatable bonds is 4. The molecule has 2 aliphatic rings. The van der Waals surface area contributed by atoms with Crippen molar-refractivity contribution in [3.05, 3.63) is 57.8 Å². The number of halogens is 1. The van der Waals surface area contributed by atoms with Crippen molar-refractivity contribution in [2.75, 3.05) is 0 Å². The first-order chi connectivity index (χ1) is 12.6. The number of nitrogens with zero attached hydrogens (tertiary/aromatic N) is 3. The Labute approximate surface area is 158 Å². The topological polar surface area (TPSA) is 51.4 Å². The molecular formula is C20H21ClN4O. The van der Waals surface area contributed by atoms with E-state index in [1.165, 1.54) is 12.8 Å². The van der Waals surface area contributed by atoms with Gasteiger partial charge in [-0.05, 0) is 44.2 Å². The highest BCUT2D eigenvalue weighted by Gasteiger charge is 2.34. The minimum atomic E-state index is 0.219. The number of hydrogen-bond donors (Lipinski definition) is 1. The molecule has 4 rings (SSSR count). The van der Waals surface area contributed by atoms with Crippen LogP contribution in [0.2, 0.25) is 5.02 Å². The summed E-state index contributed by atoms with van der Waals surface area (Å²) in [4.78, 5) is 12.2. The lowest BCUT2D eigenvalue weighted by Gasteiger charge is -2.29. The maximum Gasteiger partial charge on any atom is 0.219 e. The summed E-state index contributed by atoms with van der Waals surface area (Å²) in [5.74, 6) is 0.676. The average molecular weight is 369 g/mol. The molecule has 0 aliphatic carbocycles. The zero-order valence-electron chi connectivity index (χ0n) is 14.7. The van der Waals surface area contributed by atoms with Crippen molar-refractivity contribution in [2.24, 2.45) is 0 Å². The highest BCUT2D eigenvalue weighted by molar-refractivity contribution is 6.31. The number of ether oxygens (including phenoxy) is 1. The van der Waals surface area contributed by atoms with Crippen molar-refractivity contribution in [1.82, 2.24) is 15.3 Å². The van der Waals surface area contributed by atoms with Crippen LogP contribution in [-0.2, 0) is 6.42 Å². The molecule has 2 aromatic rings. The van der Waals surface area contributed by atoms with Crippen molar-refractivity contribution in [2.45, 2.75) is 57.2 Å². The van der Waals surface area contributed by atoms with E-state index in [0.717, 1.165) is 29.7 Å². The predicted molar refractivity (Wildman–Crippen MR) is 101 cm³/mol. The molecule has 6 heteroatoms. The van der Waals surface area contributed by atoms with Gasteiger partial charge in [0.25, 0.3) is 0 Å². The van der Waals surface area contributed by atoms with Gasteiger partial charge in [0.2, 0.25) is 5.88 Å². The smallest absolute Gasteiger partial charge is 0.219 e. The second-order valence-electron chi connectivity index (χ2n) is 7.16. The molecule has 2 bridgehead atoms. The molecule has 26 heavy (non-hydrogen) atoms. The Morgan fingerprint density at radius 2 is 2.04 bits per heavy atom. The highest BCUT2D eigenvalue weighted by atomic mass is 35.5. The van der Waals surface area contributed by atoms with Gasteiger partial charge in [-0.2, -0.15) is 0 Å². The lowest BCUT2D eigenvalue weighted by atomic mass is 10.0. The van der Waals surface area contributed by atoms with Crippen LogP contribution in [0.1, 0.15) is 42.5 Å². The Hall–Kier alpha value is -2.16. The fourth-order valence-corrected chi connectivity index (χ4v) is 4.20. The van der Waals surface area contributed by atoms with Gasteiger partial charge in [-0.25, -0.2) is 14.8 Å². The quantitative estimate of drug-likeness (QED) is 0.820. The Morgan fingerprint density at radius 1 is 1.27 bits per heavy atom. The van der Waals surface area contributed by atoms with Gasteiger partial charge in [0, 0.05) is 29.1 Å². The van der Waals surface area contributed by atoms with Gasteiger partial charge in [0.05, 0.1) is 12.3 Å². The molecule has 5 nitrogen and oxygen atoms in total. The van der Waals surface area contributed by atoms with E-state index in [4.69, 9.17) is 22.9 Å². The second-order valence-corrected chi connectivity index (χ2v) is 7.57. The molecule has 1 aromatic carbocycles. The molecule has 0 radical (unpaired) electrons. The Kier molecular flexibility index (Phi) is 4.80. The molecule has 1 N–H and O–H groups in total. The highest BCUT2D eigenvalue weighted by Crippen LogP contribution is 2.31. The van der Waals surface area contributed by atoms with Crippen LogP contribution in [0.25, 0.3) is 4.85 Å². The van der Waals surface area contributed by atoms with Crippen molar-refractivity contribution >= 4 is 17.3 Å². The maximum absolute atomic E-state index is 7.07. The van der Waals surface area contributed by atoms with Crippen molar-refractivity contribution in [3.63, 3.8) is 0 Å². The Balaban J connectivity index is 1.51. The maximum atomic E-state index is 7.07. The third kappa shape index (κ3) is 3.53. The summed E-state index contributed by atoms with van der Waals surface area (Å²) in [6.45, 7) is 9.08. The van der Waals surface area contributed by atoms with E-state index in [-0.39, 0.29) is 6.10 Å². The molecule has 2 aliphatic heterocycles. The average Bonchev–Trinajstić information content (AvgIpc) is 2.98. The largest absolute Gasteiger partial charge is 0.474 e. The fraction of sp³-hybridized carbons (Fsp3) is 0.450. The van der Waals surface area contributed by atoms with Crippen molar-refractivity contribution in [3.8, 4) is 5.88 Å². The van der Waals surface area contributed by atoms with Crippen LogP contribution in [0, 0.1) is 13.5 Å². The Morgan fingerprint density at radius 3 is 2.73 bits per heavy atom. The minimum absolute atomic E-state index is 0.219. The van der Waals surface area contributed by atoms with Crippen LogP contribution in [-0.4, -0.2) is 28.2 Å². The monoisotopic (exact) mass is 368 g/mol. The molecule has 0 saturated carbocycles. The fourth-order valence-electron chi connectivity index (χ4n) is 3.95. The molecule has 0 amide bonds. The molecule has 134 valence electrons. The summed E-state index contributed by atoms with van der Waals surface area (Å²) >= 11 is 6.32. The summed E-state index contributed by atoms with van der Waals surface area (Å²) in [7, 11) is 0. The second kappa shape index (κ2) is 7.22. The van der Waals surface area contributed by atoms with Gasteiger partial charge in [-0.1, -0.05) is 23.7 Å². The first-order valence-electron chi connectivity index (χ1n) is 9.01. The van der Waals surface area contributed by atoms with E-state index in [1.54, 1.807) is 18.5 Å². The third-order valence-corrected chi connectivity index (χ3v) is 5.73. The SMILES string of the molecule is [C-]#[N+]c1ccc(Cc2ncnc(OC3CC4CCC(C3)N4)c2C)c(Cl)c1. The van der Waals surface area contributed by atoms with Gasteiger partial charge in [-0.15, -0.1) is 0 Å². The molecular weight excluding hydrogens is 348 g/mol. The summed E-state index contributed by atoms with van der Waals surface area (Å²) in [6, 6.07) is 6.54. The minimum Gasteiger partial charge on any atom is -0.474 e. The summed E-state index contributed by atoms with van der Waals surface area (Å²) < 4.78 is 6.25. The van der Waals surface area contributed by atoms with E-state index in [9.17, 15) is 0 Å². The number of aromatic nitrogens is 2. The number of fused-ring (bicyclic) bond motifs is 2. The number of piperidine rings is 1. The molecule has 2 saturated heterocycles. The van der Waals surface area contributed by atoms with E-state index in [1.807, 2.05) is 13.0 Å². The predicted octanol–water partition coefficient (Wildman–Crippen LogP) is 4.24. The van der Waals surface area contributed by atoms with E-state index in [2.05, 4.69) is 20.1 Å². The standard InChI is InChI=1S/C20H21ClN4O/c1-12-19(7-13-3-4-14(22-2)10-18(13)21)23-11-24-20(12)26-17-8-15-5-6-16(9-17)25-15/h3-4,10-11,15-17,25H,5-9H2,1H3. The molecule has 2 atom stereocenters. The van der Waals surface area contributed by atoms with E-state index in [0.29, 0.717) is 35.1 Å². The van der Waals surface area contributed by atoms with Crippen LogP contribution in [0.4, 0.5) is 5.69 Å². The van der Waals surface area contributed by atoms with Gasteiger partial charge < -0.3 is 10.1 Å². The zero-order chi connectivity index (χ0) is 18.1. The van der Waals surface area contributed by atoms with Gasteiger partial charge >= 0.3 is 0 Å². The lowest BCUT2D eigenvalue weighted by Crippen LogP contribution is -2.42. The number of nitrogens with one attached hydrogen (secondary N) is 1. The molecule has 2 unspecified atom stereocenters. The van der Waals surface area contributed by atoms with Crippen LogP contribution >= 0.6 is 11.6 Å². The Bertz CT molecular complexity index is 851. The molecule has 3 heterocycles. The number of benzene rings is 1. The summed E-state index contributed by atoms with van der Waals surface area (Å²) in [5, 5.41) is 4.22. The van der Waals surface area contributed by atoms with E-state index >= 15 is 0 Å². The normalized spacial score (nSPS) is 24.3. The van der Waals surface area contributed by atoms with Gasteiger partial charge in [0.1, 0.15) is 12.4 Å². The van der Waals surface area contributed by atoms with Gasteiger partial charge in [0.15, 0.2) is 5.69 Å². The molecule has 0 spiro atoms. The van der Waals surface area contributed by atoms with E-state index < -0.39 is 0 Å². The lowest BCUT2D eigenvalue weighted by molar-refractivity contribution is 0.130. The molecule has 1 aromatic heterocycles. The van der Waals surface area contributed by atoms with Gasteiger partial charge in [-0.3, -0.25) is 0 Å².